The average Bonchev–Trinajstić information content (AvgIpc) is 2.92. The lowest BCUT2D eigenvalue weighted by Gasteiger charge is -2.14. The molecule has 1 aliphatic rings. The fourth-order valence-corrected chi connectivity index (χ4v) is 5.71. The van der Waals surface area contributed by atoms with Gasteiger partial charge in [-0.25, -0.2) is 8.42 Å². The van der Waals surface area contributed by atoms with Gasteiger partial charge in [-0.1, -0.05) is 12.1 Å². The Labute approximate surface area is 150 Å². The molecule has 134 valence electrons. The summed E-state index contributed by atoms with van der Waals surface area (Å²) < 4.78 is 27.8. The van der Waals surface area contributed by atoms with Crippen molar-refractivity contribution in [1.82, 2.24) is 0 Å². The number of anilines is 1. The molecule has 2 rings (SSSR count). The Morgan fingerprint density at radius 3 is 2.80 bits per heavy atom. The maximum Gasteiger partial charge on any atom is 0.316 e. The molecule has 0 radical (unpaired) electrons. The molecule has 7 nitrogen and oxygen atoms in total. The first-order chi connectivity index (χ1) is 11.8. The summed E-state index contributed by atoms with van der Waals surface area (Å²) >= 11 is 1.23. The van der Waals surface area contributed by atoms with Gasteiger partial charge < -0.3 is 10.1 Å². The average molecular weight is 382 g/mol. The summed E-state index contributed by atoms with van der Waals surface area (Å²) in [5.74, 6) is -0.898. The standard InChI is InChI=1S/C16H18N2O5S2/c1-11(16(20)18-14-5-3-2-4-12(14)8-17)23-15(19)9-24-13-6-7-25(21,22)10-13/h2-5,11,13H,6-7,9-10H2,1H3,(H,18,20)/t11-,13-/m0/s1. The van der Waals surface area contributed by atoms with Crippen molar-refractivity contribution in [3.05, 3.63) is 29.8 Å². The van der Waals surface area contributed by atoms with Crippen molar-refractivity contribution < 1.29 is 22.7 Å². The van der Waals surface area contributed by atoms with E-state index < -0.39 is 27.8 Å². The zero-order valence-electron chi connectivity index (χ0n) is 13.6. The topological polar surface area (TPSA) is 113 Å². The van der Waals surface area contributed by atoms with Crippen molar-refractivity contribution >= 4 is 39.2 Å². The van der Waals surface area contributed by atoms with Crippen LogP contribution in [-0.2, 0) is 24.2 Å². The van der Waals surface area contributed by atoms with Crippen molar-refractivity contribution in [3.63, 3.8) is 0 Å². The molecule has 1 fully saturated rings. The number of para-hydroxylation sites is 1. The van der Waals surface area contributed by atoms with Crippen molar-refractivity contribution in [2.24, 2.45) is 0 Å². The number of esters is 1. The van der Waals surface area contributed by atoms with Crippen LogP contribution in [0.5, 0.6) is 0 Å². The number of amides is 1. The molecule has 0 saturated carbocycles. The number of thioether (sulfide) groups is 1. The highest BCUT2D eigenvalue weighted by Gasteiger charge is 2.29. The van der Waals surface area contributed by atoms with E-state index in [1.807, 2.05) is 6.07 Å². The normalized spacial score (nSPS) is 19.6. The molecule has 0 bridgehead atoms. The third kappa shape index (κ3) is 5.76. The minimum Gasteiger partial charge on any atom is -0.452 e. The summed E-state index contributed by atoms with van der Waals surface area (Å²) in [6, 6.07) is 8.48. The van der Waals surface area contributed by atoms with E-state index in [4.69, 9.17) is 10.00 Å². The third-order valence-electron chi connectivity index (χ3n) is 3.61. The van der Waals surface area contributed by atoms with Gasteiger partial charge in [-0.05, 0) is 25.5 Å². The van der Waals surface area contributed by atoms with Crippen LogP contribution in [0.25, 0.3) is 0 Å². The van der Waals surface area contributed by atoms with Crippen molar-refractivity contribution in [3.8, 4) is 6.07 Å². The molecule has 1 aliphatic heterocycles. The van der Waals surface area contributed by atoms with Gasteiger partial charge in [0.2, 0.25) is 0 Å². The Morgan fingerprint density at radius 2 is 2.16 bits per heavy atom. The Hall–Kier alpha value is -2.05. The molecule has 1 saturated heterocycles. The van der Waals surface area contributed by atoms with E-state index in [0.29, 0.717) is 17.7 Å². The second-order valence-electron chi connectivity index (χ2n) is 5.61. The molecule has 2 atom stereocenters. The molecule has 1 aromatic rings. The lowest BCUT2D eigenvalue weighted by molar-refractivity contribution is -0.150. The van der Waals surface area contributed by atoms with E-state index in [2.05, 4.69) is 5.32 Å². The molecule has 1 N–H and O–H groups in total. The van der Waals surface area contributed by atoms with E-state index in [-0.39, 0.29) is 22.5 Å². The highest BCUT2D eigenvalue weighted by Crippen LogP contribution is 2.24. The number of nitrogens with zero attached hydrogens (tertiary/aromatic N) is 1. The van der Waals surface area contributed by atoms with Crippen LogP contribution in [0.4, 0.5) is 5.69 Å². The van der Waals surface area contributed by atoms with Crippen LogP contribution >= 0.6 is 11.8 Å². The minimum atomic E-state index is -2.98. The first-order valence-corrected chi connectivity index (χ1v) is 10.5. The molecular weight excluding hydrogens is 364 g/mol. The number of carbonyl (C=O) groups is 2. The zero-order valence-corrected chi connectivity index (χ0v) is 15.2. The largest absolute Gasteiger partial charge is 0.452 e. The first-order valence-electron chi connectivity index (χ1n) is 7.62. The number of nitriles is 1. The van der Waals surface area contributed by atoms with Gasteiger partial charge in [0.15, 0.2) is 15.9 Å². The molecular formula is C16H18N2O5S2. The summed E-state index contributed by atoms with van der Waals surface area (Å²) in [6.07, 6.45) is -0.492. The summed E-state index contributed by atoms with van der Waals surface area (Å²) in [5.41, 5.74) is 0.663. The predicted octanol–water partition coefficient (Wildman–Crippen LogP) is 1.35. The third-order valence-corrected chi connectivity index (χ3v) is 6.87. The Morgan fingerprint density at radius 1 is 1.44 bits per heavy atom. The number of carbonyl (C=O) groups excluding carboxylic acids is 2. The number of hydrogen-bond donors (Lipinski definition) is 1. The highest BCUT2D eigenvalue weighted by molar-refractivity contribution is 8.02. The summed E-state index contributed by atoms with van der Waals surface area (Å²) in [5, 5.41) is 11.4. The first kappa shape index (κ1) is 19.3. The van der Waals surface area contributed by atoms with E-state index in [1.165, 1.54) is 18.7 Å². The maximum absolute atomic E-state index is 12.1. The van der Waals surface area contributed by atoms with Crippen LogP contribution in [0, 0.1) is 11.3 Å². The van der Waals surface area contributed by atoms with Gasteiger partial charge in [-0.2, -0.15) is 5.26 Å². The quantitative estimate of drug-likeness (QED) is 0.739. The molecule has 1 aromatic carbocycles. The zero-order chi connectivity index (χ0) is 18.4. The van der Waals surface area contributed by atoms with Crippen molar-refractivity contribution in [1.29, 1.82) is 5.26 Å². The van der Waals surface area contributed by atoms with E-state index in [1.54, 1.807) is 24.3 Å². The molecule has 1 heterocycles. The van der Waals surface area contributed by atoms with Crippen LogP contribution in [0.15, 0.2) is 24.3 Å². The van der Waals surface area contributed by atoms with Gasteiger partial charge >= 0.3 is 5.97 Å². The van der Waals surface area contributed by atoms with Gasteiger partial charge in [0.1, 0.15) is 6.07 Å². The summed E-state index contributed by atoms with van der Waals surface area (Å²) in [7, 11) is -2.98. The van der Waals surface area contributed by atoms with Gasteiger partial charge in [-0.15, -0.1) is 11.8 Å². The number of ether oxygens (including phenoxy) is 1. The fraction of sp³-hybridized carbons (Fsp3) is 0.438. The van der Waals surface area contributed by atoms with Crippen LogP contribution in [0.1, 0.15) is 18.9 Å². The van der Waals surface area contributed by atoms with Crippen LogP contribution in [0.3, 0.4) is 0 Å². The Bertz CT molecular complexity index is 801. The number of sulfone groups is 1. The van der Waals surface area contributed by atoms with Crippen molar-refractivity contribution in [2.75, 3.05) is 22.6 Å². The number of hydrogen-bond acceptors (Lipinski definition) is 7. The van der Waals surface area contributed by atoms with E-state index in [0.717, 1.165) is 0 Å². The molecule has 0 aromatic heterocycles. The lowest BCUT2D eigenvalue weighted by atomic mass is 10.2. The van der Waals surface area contributed by atoms with E-state index >= 15 is 0 Å². The molecule has 1 amide bonds. The summed E-state index contributed by atoms with van der Waals surface area (Å²) in [6.45, 7) is 1.44. The Kier molecular flexibility index (Phi) is 6.45. The molecule has 0 spiro atoms. The minimum absolute atomic E-state index is 0.00735. The van der Waals surface area contributed by atoms with Crippen LogP contribution in [-0.4, -0.2) is 48.9 Å². The number of benzene rings is 1. The van der Waals surface area contributed by atoms with E-state index in [9.17, 15) is 18.0 Å². The fourth-order valence-electron chi connectivity index (χ4n) is 2.29. The molecule has 0 unspecified atom stereocenters. The van der Waals surface area contributed by atoms with Crippen molar-refractivity contribution in [2.45, 2.75) is 24.7 Å². The monoisotopic (exact) mass is 382 g/mol. The second kappa shape index (κ2) is 8.36. The second-order valence-corrected chi connectivity index (χ2v) is 9.13. The highest BCUT2D eigenvalue weighted by atomic mass is 32.2. The van der Waals surface area contributed by atoms with Crippen LogP contribution in [0.2, 0.25) is 0 Å². The van der Waals surface area contributed by atoms with Gasteiger partial charge in [0, 0.05) is 5.25 Å². The molecule has 25 heavy (non-hydrogen) atoms. The summed E-state index contributed by atoms with van der Waals surface area (Å²) in [4.78, 5) is 23.9. The molecule has 9 heteroatoms. The SMILES string of the molecule is C[C@H](OC(=O)CS[C@H]1CCS(=O)(=O)C1)C(=O)Nc1ccccc1C#N. The van der Waals surface area contributed by atoms with Gasteiger partial charge in [0.05, 0.1) is 28.5 Å². The molecule has 0 aliphatic carbocycles. The smallest absolute Gasteiger partial charge is 0.316 e. The van der Waals surface area contributed by atoms with Crippen LogP contribution < -0.4 is 5.32 Å². The Balaban J connectivity index is 1.80. The maximum atomic E-state index is 12.1. The number of nitrogens with one attached hydrogen (secondary N) is 1. The van der Waals surface area contributed by atoms with Gasteiger partial charge in [0.25, 0.3) is 5.91 Å². The predicted molar refractivity (Wildman–Crippen MR) is 94.9 cm³/mol. The van der Waals surface area contributed by atoms with Gasteiger partial charge in [-0.3, -0.25) is 9.59 Å². The number of rotatable bonds is 6. The lowest BCUT2D eigenvalue weighted by Crippen LogP contribution is -2.31.